The lowest BCUT2D eigenvalue weighted by molar-refractivity contribution is 0.360. The second-order valence-corrected chi connectivity index (χ2v) is 4.46. The van der Waals surface area contributed by atoms with E-state index in [-0.39, 0.29) is 11.1 Å². The highest BCUT2D eigenvalue weighted by molar-refractivity contribution is 5.60. The van der Waals surface area contributed by atoms with Crippen molar-refractivity contribution in [3.63, 3.8) is 0 Å². The molecular formula is C14H14O6. The van der Waals surface area contributed by atoms with Crippen LogP contribution in [0.25, 0.3) is 0 Å². The maximum Gasteiger partial charge on any atom is 0.200 e. The molecule has 0 spiro atoms. The molecule has 0 heterocycles. The van der Waals surface area contributed by atoms with Gasteiger partial charge in [0.25, 0.3) is 0 Å². The van der Waals surface area contributed by atoms with Crippen LogP contribution < -0.4 is 0 Å². The van der Waals surface area contributed by atoms with Crippen molar-refractivity contribution < 1.29 is 30.6 Å². The summed E-state index contributed by atoms with van der Waals surface area (Å²) in [6, 6.07) is 5.19. The number of hydrogen-bond acceptors (Lipinski definition) is 6. The minimum absolute atomic E-state index is 0.251. The smallest absolute Gasteiger partial charge is 0.200 e. The van der Waals surface area contributed by atoms with Crippen molar-refractivity contribution in [1.82, 2.24) is 0 Å². The molecule has 6 N–H and O–H groups in total. The first-order chi connectivity index (χ1) is 9.34. The fraction of sp³-hybridized carbons (Fsp3) is 0.143. The number of hydrogen-bond donors (Lipinski definition) is 6. The molecule has 0 unspecified atom stereocenters. The van der Waals surface area contributed by atoms with Gasteiger partial charge in [0.05, 0.1) is 0 Å². The summed E-state index contributed by atoms with van der Waals surface area (Å²) in [6.45, 7) is 1.62. The van der Waals surface area contributed by atoms with Crippen molar-refractivity contribution in [2.24, 2.45) is 0 Å². The van der Waals surface area contributed by atoms with Crippen molar-refractivity contribution in [1.29, 1.82) is 0 Å². The topological polar surface area (TPSA) is 121 Å². The number of phenolic OH excluding ortho intramolecular Hbond substituents is 6. The van der Waals surface area contributed by atoms with Crippen LogP contribution in [0.5, 0.6) is 34.5 Å². The Morgan fingerprint density at radius 2 is 0.950 bits per heavy atom. The van der Waals surface area contributed by atoms with E-state index in [2.05, 4.69) is 0 Å². The van der Waals surface area contributed by atoms with Crippen molar-refractivity contribution in [2.75, 3.05) is 0 Å². The van der Waals surface area contributed by atoms with Crippen molar-refractivity contribution in [3.8, 4) is 34.5 Å². The first kappa shape index (κ1) is 13.7. The van der Waals surface area contributed by atoms with Gasteiger partial charge in [-0.3, -0.25) is 0 Å². The molecule has 6 heteroatoms. The maximum absolute atomic E-state index is 9.82. The van der Waals surface area contributed by atoms with Gasteiger partial charge in [0.2, 0.25) is 11.5 Å². The molecule has 2 rings (SSSR count). The van der Waals surface area contributed by atoms with Gasteiger partial charge in [0.15, 0.2) is 23.0 Å². The molecule has 106 valence electrons. The third-order valence-electron chi connectivity index (χ3n) is 3.26. The van der Waals surface area contributed by atoms with Crippen LogP contribution in [0.4, 0.5) is 0 Å². The van der Waals surface area contributed by atoms with Crippen molar-refractivity contribution in [3.05, 3.63) is 35.4 Å². The van der Waals surface area contributed by atoms with Crippen LogP contribution in [0.15, 0.2) is 24.3 Å². The lowest BCUT2D eigenvalue weighted by Gasteiger charge is -2.17. The van der Waals surface area contributed by atoms with E-state index in [9.17, 15) is 30.6 Å². The summed E-state index contributed by atoms with van der Waals surface area (Å²) in [7, 11) is 0. The Bertz CT molecular complexity index is 608. The molecule has 0 aromatic heterocycles. The molecule has 0 amide bonds. The Balaban J connectivity index is 2.55. The van der Waals surface area contributed by atoms with Gasteiger partial charge in [-0.05, 0) is 12.1 Å². The van der Waals surface area contributed by atoms with E-state index in [1.807, 2.05) is 0 Å². The molecule has 0 aliphatic rings. The maximum atomic E-state index is 9.82. The predicted octanol–water partition coefficient (Wildman–Crippen LogP) is 2.07. The van der Waals surface area contributed by atoms with Gasteiger partial charge in [0, 0.05) is 17.0 Å². The summed E-state index contributed by atoms with van der Waals surface area (Å²) < 4.78 is 0. The predicted molar refractivity (Wildman–Crippen MR) is 70.4 cm³/mol. The summed E-state index contributed by atoms with van der Waals surface area (Å²) in [5.41, 5.74) is 0.501. The summed E-state index contributed by atoms with van der Waals surface area (Å²) in [6.07, 6.45) is 0. The monoisotopic (exact) mass is 278 g/mol. The fourth-order valence-electron chi connectivity index (χ4n) is 2.04. The highest BCUT2D eigenvalue weighted by atomic mass is 16.3. The van der Waals surface area contributed by atoms with Crippen LogP contribution >= 0.6 is 0 Å². The molecule has 2 aromatic rings. The molecule has 20 heavy (non-hydrogen) atoms. The SMILES string of the molecule is CC(c1ccc(O)c(O)c1O)c1ccc(O)c(O)c1O. The average Bonchev–Trinajstić information content (AvgIpc) is 2.42. The van der Waals surface area contributed by atoms with Crippen LogP contribution in [0.1, 0.15) is 24.0 Å². The van der Waals surface area contributed by atoms with Crippen LogP contribution in [0, 0.1) is 0 Å². The van der Waals surface area contributed by atoms with Crippen LogP contribution in [-0.4, -0.2) is 30.6 Å². The number of rotatable bonds is 2. The zero-order valence-electron chi connectivity index (χ0n) is 10.6. The Morgan fingerprint density at radius 3 is 1.30 bits per heavy atom. The van der Waals surface area contributed by atoms with Gasteiger partial charge in [0.1, 0.15) is 0 Å². The molecule has 6 nitrogen and oxygen atoms in total. The summed E-state index contributed by atoms with van der Waals surface area (Å²) >= 11 is 0. The molecule has 0 radical (unpaired) electrons. The fourth-order valence-corrected chi connectivity index (χ4v) is 2.04. The molecule has 0 aliphatic heterocycles. The first-order valence-corrected chi connectivity index (χ1v) is 5.82. The van der Waals surface area contributed by atoms with Gasteiger partial charge in [-0.2, -0.15) is 0 Å². The van der Waals surface area contributed by atoms with E-state index in [1.165, 1.54) is 24.3 Å². The quantitative estimate of drug-likeness (QED) is 0.468. The van der Waals surface area contributed by atoms with Gasteiger partial charge in [-0.1, -0.05) is 19.1 Å². The zero-order chi connectivity index (χ0) is 15.0. The summed E-state index contributed by atoms with van der Waals surface area (Å²) in [5, 5.41) is 57.2. The van der Waals surface area contributed by atoms with Crippen LogP contribution in [0.2, 0.25) is 0 Å². The average molecular weight is 278 g/mol. The normalized spacial score (nSPS) is 10.9. The minimum Gasteiger partial charge on any atom is -0.504 e. The minimum atomic E-state index is -0.656. The second kappa shape index (κ2) is 4.73. The van der Waals surface area contributed by atoms with Crippen molar-refractivity contribution >= 4 is 0 Å². The molecule has 2 aromatic carbocycles. The molecular weight excluding hydrogens is 264 g/mol. The third-order valence-corrected chi connectivity index (χ3v) is 3.26. The lowest BCUT2D eigenvalue weighted by atomic mass is 9.91. The Hall–Kier alpha value is -2.76. The van der Waals surface area contributed by atoms with E-state index in [0.29, 0.717) is 0 Å². The van der Waals surface area contributed by atoms with Crippen LogP contribution in [0.3, 0.4) is 0 Å². The van der Waals surface area contributed by atoms with Gasteiger partial charge >= 0.3 is 0 Å². The first-order valence-electron chi connectivity index (χ1n) is 5.82. The van der Waals surface area contributed by atoms with E-state index in [1.54, 1.807) is 6.92 Å². The number of benzene rings is 2. The molecule has 0 saturated carbocycles. The Kier molecular flexibility index (Phi) is 3.23. The Labute approximate surface area is 114 Å². The van der Waals surface area contributed by atoms with E-state index >= 15 is 0 Å². The molecule has 0 bridgehead atoms. The summed E-state index contributed by atoms with van der Waals surface area (Å²) in [4.78, 5) is 0. The molecule has 0 fully saturated rings. The highest BCUT2D eigenvalue weighted by Gasteiger charge is 2.22. The van der Waals surface area contributed by atoms with Gasteiger partial charge in [-0.25, -0.2) is 0 Å². The largest absolute Gasteiger partial charge is 0.504 e. The van der Waals surface area contributed by atoms with Gasteiger partial charge in [-0.15, -0.1) is 0 Å². The van der Waals surface area contributed by atoms with Gasteiger partial charge < -0.3 is 30.6 Å². The van der Waals surface area contributed by atoms with E-state index in [0.717, 1.165) is 0 Å². The molecule has 0 aliphatic carbocycles. The molecule has 0 saturated heterocycles. The highest BCUT2D eigenvalue weighted by Crippen LogP contribution is 2.46. The number of aromatic hydroxyl groups is 6. The van der Waals surface area contributed by atoms with E-state index < -0.39 is 40.4 Å². The van der Waals surface area contributed by atoms with Crippen molar-refractivity contribution in [2.45, 2.75) is 12.8 Å². The Morgan fingerprint density at radius 1 is 0.600 bits per heavy atom. The second-order valence-electron chi connectivity index (χ2n) is 4.46. The third kappa shape index (κ3) is 2.01. The van der Waals surface area contributed by atoms with E-state index in [4.69, 9.17) is 0 Å². The summed E-state index contributed by atoms with van der Waals surface area (Å²) in [5.74, 6) is -3.84. The zero-order valence-corrected chi connectivity index (χ0v) is 10.6. The standard InChI is InChI=1S/C14H14O6/c1-6(7-2-4-9(15)13(19)11(7)17)8-3-5-10(16)14(20)12(8)18/h2-6,15-20H,1H3. The number of phenols is 6. The molecule has 0 atom stereocenters. The van der Waals surface area contributed by atoms with Crippen LogP contribution in [-0.2, 0) is 0 Å². The lowest BCUT2D eigenvalue weighted by Crippen LogP contribution is -1.97.